The summed E-state index contributed by atoms with van der Waals surface area (Å²) in [6, 6.07) is 8.23. The average molecular weight is 163 g/mol. The van der Waals surface area contributed by atoms with Crippen molar-refractivity contribution >= 4 is 0 Å². The van der Waals surface area contributed by atoms with E-state index in [1.807, 2.05) is 19.1 Å². The third-order valence-corrected chi connectivity index (χ3v) is 2.42. The van der Waals surface area contributed by atoms with Crippen LogP contribution in [0.2, 0.25) is 0 Å². The van der Waals surface area contributed by atoms with E-state index < -0.39 is 0 Å². The quantitative estimate of drug-likeness (QED) is 0.630. The Hall–Kier alpha value is -0.860. The minimum absolute atomic E-state index is 0.0370. The van der Waals surface area contributed by atoms with Crippen LogP contribution < -0.4 is 5.73 Å². The fraction of sp³-hybridized carbons (Fsp3) is 0.400. The van der Waals surface area contributed by atoms with Crippen molar-refractivity contribution in [3.8, 4) is 0 Å². The van der Waals surface area contributed by atoms with Crippen molar-refractivity contribution in [2.45, 2.75) is 25.7 Å². The smallest absolute Gasteiger partial charge is 0.0744 e. The molecule has 1 aromatic rings. The summed E-state index contributed by atoms with van der Waals surface area (Å²) in [7, 11) is 0. The molecule has 0 unspecified atom stereocenters. The Balaban J connectivity index is 2.42. The highest BCUT2D eigenvalue weighted by Gasteiger charge is 2.22. The van der Waals surface area contributed by atoms with Crippen molar-refractivity contribution in [3.05, 3.63) is 35.4 Å². The van der Waals surface area contributed by atoms with Crippen molar-refractivity contribution in [1.29, 1.82) is 0 Å². The monoisotopic (exact) mass is 163 g/mol. The molecule has 0 radical (unpaired) electrons. The molecule has 0 saturated heterocycles. The third kappa shape index (κ3) is 1.13. The van der Waals surface area contributed by atoms with E-state index in [9.17, 15) is 0 Å². The van der Waals surface area contributed by atoms with Gasteiger partial charge in [0.2, 0.25) is 0 Å². The molecule has 2 atom stereocenters. The molecule has 64 valence electrons. The summed E-state index contributed by atoms with van der Waals surface area (Å²) in [5.41, 5.74) is 8.42. The van der Waals surface area contributed by atoms with Crippen LogP contribution in [-0.2, 0) is 11.3 Å². The highest BCUT2D eigenvalue weighted by atomic mass is 16.5. The normalized spacial score (nSPS) is 28.2. The lowest BCUT2D eigenvalue weighted by atomic mass is 9.95. The van der Waals surface area contributed by atoms with Gasteiger partial charge in [-0.3, -0.25) is 0 Å². The molecule has 1 aliphatic heterocycles. The van der Waals surface area contributed by atoms with Crippen molar-refractivity contribution in [1.82, 2.24) is 0 Å². The molecule has 1 heterocycles. The SMILES string of the molecule is C[C@@H]1OCc2ccccc2[C@@H]1N. The predicted molar refractivity (Wildman–Crippen MR) is 47.6 cm³/mol. The second-order valence-corrected chi connectivity index (χ2v) is 3.24. The highest BCUT2D eigenvalue weighted by Crippen LogP contribution is 2.26. The highest BCUT2D eigenvalue weighted by molar-refractivity contribution is 5.31. The lowest BCUT2D eigenvalue weighted by molar-refractivity contribution is 0.0214. The standard InChI is InChI=1S/C10H13NO/c1-7-10(11)9-5-3-2-4-8(9)6-12-7/h2-5,7,10H,6,11H2,1H3/t7-,10+/m0/s1. The summed E-state index contributed by atoms with van der Waals surface area (Å²) >= 11 is 0. The van der Waals surface area contributed by atoms with Crippen LogP contribution >= 0.6 is 0 Å². The zero-order chi connectivity index (χ0) is 8.55. The van der Waals surface area contributed by atoms with Gasteiger partial charge >= 0.3 is 0 Å². The van der Waals surface area contributed by atoms with Crippen molar-refractivity contribution in [2.75, 3.05) is 0 Å². The summed E-state index contributed by atoms with van der Waals surface area (Å²) in [6.07, 6.45) is 0.139. The summed E-state index contributed by atoms with van der Waals surface area (Å²) in [4.78, 5) is 0. The van der Waals surface area contributed by atoms with E-state index in [1.165, 1.54) is 11.1 Å². The van der Waals surface area contributed by atoms with E-state index in [0.29, 0.717) is 6.61 Å². The van der Waals surface area contributed by atoms with E-state index >= 15 is 0 Å². The predicted octanol–water partition coefficient (Wildman–Crippen LogP) is 1.61. The zero-order valence-corrected chi connectivity index (χ0v) is 7.16. The fourth-order valence-corrected chi connectivity index (χ4v) is 1.57. The maximum atomic E-state index is 5.96. The summed E-state index contributed by atoms with van der Waals surface area (Å²) < 4.78 is 5.49. The van der Waals surface area contributed by atoms with E-state index in [0.717, 1.165) is 0 Å². The van der Waals surface area contributed by atoms with Gasteiger partial charge in [0.15, 0.2) is 0 Å². The minimum atomic E-state index is 0.0370. The van der Waals surface area contributed by atoms with Gasteiger partial charge in [-0.2, -0.15) is 0 Å². The molecule has 0 saturated carbocycles. The van der Waals surface area contributed by atoms with Gasteiger partial charge in [-0.15, -0.1) is 0 Å². The van der Waals surface area contributed by atoms with Crippen molar-refractivity contribution in [2.24, 2.45) is 5.73 Å². The van der Waals surface area contributed by atoms with Gasteiger partial charge in [0.25, 0.3) is 0 Å². The minimum Gasteiger partial charge on any atom is -0.372 e. The number of hydrogen-bond acceptors (Lipinski definition) is 2. The molecule has 0 aromatic heterocycles. The molecular weight excluding hydrogens is 150 g/mol. The van der Waals surface area contributed by atoms with Gasteiger partial charge in [-0.1, -0.05) is 24.3 Å². The van der Waals surface area contributed by atoms with Gasteiger partial charge < -0.3 is 10.5 Å². The Morgan fingerprint density at radius 2 is 2.17 bits per heavy atom. The van der Waals surface area contributed by atoms with Gasteiger partial charge in [-0.25, -0.2) is 0 Å². The van der Waals surface area contributed by atoms with Crippen molar-refractivity contribution < 1.29 is 4.74 Å². The second-order valence-electron chi connectivity index (χ2n) is 3.24. The van der Waals surface area contributed by atoms with Crippen LogP contribution in [0.25, 0.3) is 0 Å². The van der Waals surface area contributed by atoms with Crippen LogP contribution in [0.5, 0.6) is 0 Å². The van der Waals surface area contributed by atoms with Gasteiger partial charge in [0.05, 0.1) is 18.8 Å². The van der Waals surface area contributed by atoms with Crippen LogP contribution in [0.15, 0.2) is 24.3 Å². The van der Waals surface area contributed by atoms with Crippen LogP contribution in [-0.4, -0.2) is 6.10 Å². The molecule has 2 heteroatoms. The van der Waals surface area contributed by atoms with Gasteiger partial charge in [-0.05, 0) is 18.1 Å². The first kappa shape index (κ1) is 7.77. The molecule has 12 heavy (non-hydrogen) atoms. The Labute approximate surface area is 72.3 Å². The Morgan fingerprint density at radius 3 is 3.00 bits per heavy atom. The largest absolute Gasteiger partial charge is 0.372 e. The van der Waals surface area contributed by atoms with Crippen LogP contribution in [0.1, 0.15) is 24.1 Å². The Bertz CT molecular complexity index is 285. The molecule has 2 rings (SSSR count). The van der Waals surface area contributed by atoms with E-state index in [4.69, 9.17) is 10.5 Å². The van der Waals surface area contributed by atoms with E-state index in [1.54, 1.807) is 0 Å². The number of rotatable bonds is 0. The third-order valence-electron chi connectivity index (χ3n) is 2.42. The molecule has 1 aliphatic rings. The molecular formula is C10H13NO. The second kappa shape index (κ2) is 2.88. The van der Waals surface area contributed by atoms with Gasteiger partial charge in [0.1, 0.15) is 0 Å². The van der Waals surface area contributed by atoms with Gasteiger partial charge in [0, 0.05) is 0 Å². The van der Waals surface area contributed by atoms with E-state index in [2.05, 4.69) is 12.1 Å². The molecule has 0 bridgehead atoms. The first-order valence-corrected chi connectivity index (χ1v) is 4.24. The molecule has 0 spiro atoms. The fourth-order valence-electron chi connectivity index (χ4n) is 1.57. The topological polar surface area (TPSA) is 35.2 Å². The lowest BCUT2D eigenvalue weighted by Gasteiger charge is -2.28. The van der Waals surface area contributed by atoms with Crippen LogP contribution in [0.4, 0.5) is 0 Å². The number of nitrogens with two attached hydrogens (primary N) is 1. The summed E-state index contributed by atoms with van der Waals surface area (Å²) in [5, 5.41) is 0. The van der Waals surface area contributed by atoms with Crippen LogP contribution in [0.3, 0.4) is 0 Å². The number of hydrogen-bond donors (Lipinski definition) is 1. The van der Waals surface area contributed by atoms with Crippen molar-refractivity contribution in [3.63, 3.8) is 0 Å². The molecule has 0 aliphatic carbocycles. The van der Waals surface area contributed by atoms with E-state index in [-0.39, 0.29) is 12.1 Å². The Morgan fingerprint density at radius 1 is 1.42 bits per heavy atom. The first-order chi connectivity index (χ1) is 5.79. The number of fused-ring (bicyclic) bond motifs is 1. The summed E-state index contributed by atoms with van der Waals surface area (Å²) in [5.74, 6) is 0. The maximum absolute atomic E-state index is 5.96. The first-order valence-electron chi connectivity index (χ1n) is 4.24. The number of ether oxygens (including phenoxy) is 1. The molecule has 1 aromatic carbocycles. The van der Waals surface area contributed by atoms with Crippen LogP contribution in [0, 0.1) is 0 Å². The maximum Gasteiger partial charge on any atom is 0.0744 e. The molecule has 2 nitrogen and oxygen atoms in total. The number of benzene rings is 1. The summed E-state index contributed by atoms with van der Waals surface area (Å²) in [6.45, 7) is 2.71. The molecule has 0 fully saturated rings. The molecule has 2 N–H and O–H groups in total. The lowest BCUT2D eigenvalue weighted by Crippen LogP contribution is -2.31. The molecule has 0 amide bonds. The average Bonchev–Trinajstić information content (AvgIpc) is 2.12. The Kier molecular flexibility index (Phi) is 1.87. The zero-order valence-electron chi connectivity index (χ0n) is 7.16.